The fraction of sp³-hybridized carbons (Fsp3) is 0.0625. The van der Waals surface area contributed by atoms with Gasteiger partial charge in [-0.1, -0.05) is 6.07 Å². The number of rotatable bonds is 0. The molecule has 0 aliphatic carbocycles. The largest absolute Gasteiger partial charge is 0.214 e. The van der Waals surface area contributed by atoms with Crippen molar-refractivity contribution in [3.05, 3.63) is 72.8 Å². The number of benzene rings is 1. The summed E-state index contributed by atoms with van der Waals surface area (Å²) in [5.74, 6) is 0. The van der Waals surface area contributed by atoms with Crippen molar-refractivity contribution in [1.29, 1.82) is 0 Å². The minimum atomic E-state index is 1.31. The van der Waals surface area contributed by atoms with Gasteiger partial charge in [-0.05, 0) is 0 Å². The predicted octanol–water partition coefficient (Wildman–Crippen LogP) is 3.01. The van der Waals surface area contributed by atoms with Crippen LogP contribution in [0.15, 0.2) is 72.8 Å². The summed E-state index contributed by atoms with van der Waals surface area (Å²) in [6.07, 6.45) is 0. The van der Waals surface area contributed by atoms with E-state index in [4.69, 9.17) is 0 Å². The van der Waals surface area contributed by atoms with Crippen LogP contribution in [0, 0.1) is 0 Å². The van der Waals surface area contributed by atoms with Gasteiger partial charge in [-0.2, -0.15) is 35.7 Å². The van der Waals surface area contributed by atoms with E-state index >= 15 is 0 Å². The number of hydrogen-bond acceptors (Lipinski definition) is 0. The van der Waals surface area contributed by atoms with E-state index < -0.39 is 0 Å². The van der Waals surface area contributed by atoms with Gasteiger partial charge in [0, 0.05) is 0 Å². The molecule has 0 amide bonds. The molecule has 0 saturated heterocycles. The Morgan fingerprint density at radius 1 is 1.00 bits per heavy atom. The molecule has 0 unspecified atom stereocenters. The molecule has 3 aromatic carbocycles. The van der Waals surface area contributed by atoms with Crippen LogP contribution in [0.1, 0.15) is 6.92 Å². The molecule has 2 heteroatoms. The molecule has 0 aliphatic heterocycles. The zero-order valence-electron chi connectivity index (χ0n) is 10.9. The van der Waals surface area contributed by atoms with E-state index in [1.165, 1.54) is 21.0 Å². The molecule has 0 N–H and O–H groups in total. The molecule has 3 rings (SSSR count). The van der Waals surface area contributed by atoms with E-state index in [9.17, 15) is 0 Å². The fourth-order valence-electron chi connectivity index (χ4n) is 1.39. The molecule has 0 fully saturated rings. The van der Waals surface area contributed by atoms with Gasteiger partial charge in [-0.3, -0.25) is 0 Å². The normalized spacial score (nSPS) is 9.06. The van der Waals surface area contributed by atoms with Crippen LogP contribution in [0.3, 0.4) is 0 Å². The summed E-state index contributed by atoms with van der Waals surface area (Å²) in [6, 6.07) is 24.7. The Labute approximate surface area is 127 Å². The van der Waals surface area contributed by atoms with E-state index in [1.54, 1.807) is 27.1 Å². The summed E-state index contributed by atoms with van der Waals surface area (Å²) in [4.78, 5) is 0. The van der Waals surface area contributed by atoms with Crippen LogP contribution in [0.5, 0.6) is 0 Å². The first-order chi connectivity index (χ1) is 8.70. The Morgan fingerprint density at radius 3 is 2.11 bits per heavy atom. The van der Waals surface area contributed by atoms with Gasteiger partial charge in [0.2, 0.25) is 0 Å². The van der Waals surface area contributed by atoms with Gasteiger partial charge >= 0.3 is 44.2 Å². The van der Waals surface area contributed by atoms with E-state index in [0.717, 1.165) is 0 Å². The molecule has 90 valence electrons. The maximum Gasteiger partial charge on any atom is -0.0809 e. The Morgan fingerprint density at radius 2 is 1.61 bits per heavy atom. The van der Waals surface area contributed by atoms with Gasteiger partial charge < -0.3 is 0 Å². The van der Waals surface area contributed by atoms with Crippen molar-refractivity contribution < 1.29 is 24.2 Å². The van der Waals surface area contributed by atoms with Crippen LogP contribution in [0.25, 0.3) is 10.8 Å². The van der Waals surface area contributed by atoms with Crippen LogP contribution >= 0.6 is 0 Å². The summed E-state index contributed by atoms with van der Waals surface area (Å²) < 4.78 is 1.65. The fourth-order valence-corrected chi connectivity index (χ4v) is 1.39. The second-order valence-electron chi connectivity index (χ2n) is 4.12. The van der Waals surface area contributed by atoms with Crippen LogP contribution in [0.2, 0.25) is 0 Å². The van der Waals surface area contributed by atoms with Crippen LogP contribution in [0.4, 0.5) is 0 Å². The predicted molar refractivity (Wildman–Crippen MR) is 82.2 cm³/mol. The van der Waals surface area contributed by atoms with Crippen molar-refractivity contribution in [2.45, 2.75) is 6.92 Å². The van der Waals surface area contributed by atoms with Crippen molar-refractivity contribution in [2.24, 2.45) is 0 Å². The van der Waals surface area contributed by atoms with Crippen LogP contribution in [-0.4, -0.2) is 13.1 Å². The Hall–Kier alpha value is -0.850. The van der Waals surface area contributed by atoms with E-state index in [0.29, 0.717) is 0 Å². The van der Waals surface area contributed by atoms with Gasteiger partial charge in [0.15, 0.2) is 0 Å². The zero-order chi connectivity index (χ0) is 13.2. The molecule has 0 aliphatic rings. The van der Waals surface area contributed by atoms with Crippen molar-refractivity contribution in [1.82, 2.24) is 0 Å². The number of hydrogen-bond donors (Lipinski definition) is 0. The molecule has 3 aromatic rings. The van der Waals surface area contributed by atoms with Gasteiger partial charge in [0.25, 0.3) is 0 Å². The van der Waals surface area contributed by atoms with E-state index in [1.807, 2.05) is 30.3 Å². The first-order valence-corrected chi connectivity index (χ1v) is 8.22. The van der Waals surface area contributed by atoms with Crippen molar-refractivity contribution in [3.8, 4) is 0 Å². The third-order valence-electron chi connectivity index (χ3n) is 2.10. The second-order valence-corrected chi connectivity index (χ2v) is 10.5. The average Bonchev–Trinajstić information content (AvgIpc) is 3.03. The average molecular weight is 330 g/mol. The van der Waals surface area contributed by atoms with Crippen molar-refractivity contribution >= 4 is 23.8 Å². The molecule has 18 heavy (non-hydrogen) atoms. The SMILES string of the molecule is C[C]([SiH3])=[Zr+2].c1cc[cH-]c1.c1ccc2[cH-]ccc2c1. The van der Waals surface area contributed by atoms with E-state index in [-0.39, 0.29) is 0 Å². The molecular weight excluding hydrogens is 311 g/mol. The summed E-state index contributed by atoms with van der Waals surface area (Å²) in [5, 5.41) is 2.66. The van der Waals surface area contributed by atoms with E-state index in [2.05, 4.69) is 49.4 Å². The Bertz CT molecular complexity index is 498. The molecule has 0 saturated carbocycles. The Balaban J connectivity index is 0.000000154. The minimum Gasteiger partial charge on any atom is -0.214 e. The van der Waals surface area contributed by atoms with Gasteiger partial charge in [-0.25, -0.2) is 12.1 Å². The van der Waals surface area contributed by atoms with Crippen LogP contribution < -0.4 is 0 Å². The molecular formula is C16H18SiZr. The summed E-state index contributed by atoms with van der Waals surface area (Å²) >= 11 is 1.62. The molecule has 0 nitrogen and oxygen atoms in total. The third-order valence-corrected chi connectivity index (χ3v) is 2.10. The molecule has 0 bridgehead atoms. The number of fused-ring (bicyclic) bond motifs is 1. The zero-order valence-corrected chi connectivity index (χ0v) is 15.4. The van der Waals surface area contributed by atoms with Crippen LogP contribution in [-0.2, 0) is 24.2 Å². The topological polar surface area (TPSA) is 0 Å². The maximum atomic E-state index is 2.19. The smallest absolute Gasteiger partial charge is 0.0809 e. The second kappa shape index (κ2) is 9.13. The first-order valence-electron chi connectivity index (χ1n) is 5.99. The molecule has 0 radical (unpaired) electrons. The first kappa shape index (κ1) is 15.2. The molecule has 0 atom stereocenters. The van der Waals surface area contributed by atoms with Crippen molar-refractivity contribution in [3.63, 3.8) is 0 Å². The van der Waals surface area contributed by atoms with Gasteiger partial charge in [0.05, 0.1) is 0 Å². The standard InChI is InChI=1S/C9H7.C5H5.C2H6Si.Zr/c1-2-5-9-7-3-6-8(9)4-1;1-2-4-5-3-1;1-2-3;/h1-7H;1-5H;1,3H3;/q2*-1;;+2. The third kappa shape index (κ3) is 6.78. The van der Waals surface area contributed by atoms with Crippen molar-refractivity contribution in [2.75, 3.05) is 0 Å². The summed E-state index contributed by atoms with van der Waals surface area (Å²) in [7, 11) is 1.31. The molecule has 0 aromatic heterocycles. The quantitative estimate of drug-likeness (QED) is 0.439. The molecule has 0 heterocycles. The summed E-state index contributed by atoms with van der Waals surface area (Å²) in [6.45, 7) is 2.19. The Kier molecular flexibility index (Phi) is 7.71. The monoisotopic (exact) mass is 328 g/mol. The minimum absolute atomic E-state index is 1.31. The van der Waals surface area contributed by atoms with Gasteiger partial charge in [0.1, 0.15) is 0 Å². The summed E-state index contributed by atoms with van der Waals surface area (Å²) in [5.41, 5.74) is 0. The molecule has 0 spiro atoms. The maximum absolute atomic E-state index is 2.19. The van der Waals surface area contributed by atoms with Gasteiger partial charge in [-0.15, -0.1) is 29.7 Å².